The number of amides is 1. The fourth-order valence-corrected chi connectivity index (χ4v) is 4.36. The Kier molecular flexibility index (Phi) is 7.15. The van der Waals surface area contributed by atoms with E-state index in [1.807, 2.05) is 13.8 Å². The summed E-state index contributed by atoms with van der Waals surface area (Å²) in [6, 6.07) is 3.28. The second-order valence-corrected chi connectivity index (χ2v) is 8.02. The van der Waals surface area contributed by atoms with Gasteiger partial charge in [-0.2, -0.15) is 0 Å². The molecule has 0 bridgehead atoms. The number of benzene rings is 1. The van der Waals surface area contributed by atoms with E-state index in [0.29, 0.717) is 40.4 Å². The normalized spacial score (nSPS) is 13.9. The average Bonchev–Trinajstić information content (AvgIpc) is 3.08. The van der Waals surface area contributed by atoms with E-state index in [2.05, 4.69) is 22.1 Å². The highest BCUT2D eigenvalue weighted by atomic mass is 35.5. The highest BCUT2D eigenvalue weighted by Crippen LogP contribution is 2.37. The maximum absolute atomic E-state index is 12.8. The van der Waals surface area contributed by atoms with Crippen LogP contribution in [-0.4, -0.2) is 42.1 Å². The number of aromatic nitrogens is 1. The number of nitrogens with zero attached hydrogens (tertiary/aromatic N) is 2. The van der Waals surface area contributed by atoms with Crippen LogP contribution in [-0.2, 0) is 13.0 Å². The minimum atomic E-state index is -0.261. The van der Waals surface area contributed by atoms with Gasteiger partial charge in [0.15, 0.2) is 16.6 Å². The fraction of sp³-hybridized carbons (Fsp3) is 0.500. The van der Waals surface area contributed by atoms with E-state index >= 15 is 0 Å². The summed E-state index contributed by atoms with van der Waals surface area (Å²) in [6.45, 7) is 9.96. The van der Waals surface area contributed by atoms with Gasteiger partial charge in [-0.1, -0.05) is 25.4 Å². The lowest BCUT2D eigenvalue weighted by Gasteiger charge is -2.23. The lowest BCUT2D eigenvalue weighted by molar-refractivity contribution is 0.102. The third-order valence-electron chi connectivity index (χ3n) is 4.50. The highest BCUT2D eigenvalue weighted by Gasteiger charge is 2.22. The second kappa shape index (κ2) is 9.58. The minimum Gasteiger partial charge on any atom is -0.490 e. The van der Waals surface area contributed by atoms with E-state index in [0.717, 1.165) is 38.2 Å². The molecule has 152 valence electrons. The van der Waals surface area contributed by atoms with Gasteiger partial charge < -0.3 is 9.47 Å². The first-order valence-electron chi connectivity index (χ1n) is 9.67. The zero-order valence-corrected chi connectivity index (χ0v) is 18.1. The van der Waals surface area contributed by atoms with Crippen molar-refractivity contribution in [2.75, 3.05) is 31.6 Å². The van der Waals surface area contributed by atoms with Crippen LogP contribution < -0.4 is 14.8 Å². The third kappa shape index (κ3) is 4.77. The fourth-order valence-electron chi connectivity index (χ4n) is 3.05. The molecule has 0 spiro atoms. The van der Waals surface area contributed by atoms with Gasteiger partial charge in [-0.05, 0) is 32.0 Å². The SMILES string of the molecule is CCCOc1c(Cl)cc(C(=O)Nc2nc3c(s2)CN(CC)CC3)cc1OCC. The van der Waals surface area contributed by atoms with E-state index in [1.54, 1.807) is 12.1 Å². The molecule has 6 nitrogen and oxygen atoms in total. The number of halogens is 1. The van der Waals surface area contributed by atoms with Gasteiger partial charge in [0, 0.05) is 30.0 Å². The minimum absolute atomic E-state index is 0.261. The van der Waals surface area contributed by atoms with E-state index in [9.17, 15) is 4.79 Å². The molecule has 3 rings (SSSR count). The van der Waals surface area contributed by atoms with Crippen molar-refractivity contribution >= 4 is 34.0 Å². The molecule has 1 aromatic heterocycles. The molecule has 0 atom stereocenters. The molecule has 2 heterocycles. The molecule has 1 aliphatic rings. The highest BCUT2D eigenvalue weighted by molar-refractivity contribution is 7.15. The zero-order valence-electron chi connectivity index (χ0n) is 16.5. The molecule has 1 amide bonds. The molecule has 0 fully saturated rings. The van der Waals surface area contributed by atoms with E-state index in [1.165, 1.54) is 16.2 Å². The molecule has 0 radical (unpaired) electrons. The summed E-state index contributed by atoms with van der Waals surface area (Å²) in [7, 11) is 0. The smallest absolute Gasteiger partial charge is 0.257 e. The lowest BCUT2D eigenvalue weighted by Crippen LogP contribution is -2.29. The monoisotopic (exact) mass is 423 g/mol. The van der Waals surface area contributed by atoms with Crippen LogP contribution in [0.3, 0.4) is 0 Å². The summed E-state index contributed by atoms with van der Waals surface area (Å²) in [5.41, 5.74) is 1.50. The molecule has 0 saturated carbocycles. The Balaban J connectivity index is 1.78. The van der Waals surface area contributed by atoms with E-state index < -0.39 is 0 Å². The van der Waals surface area contributed by atoms with Gasteiger partial charge in [0.05, 0.1) is 23.9 Å². The Labute approximate surface area is 174 Å². The van der Waals surface area contributed by atoms with Gasteiger partial charge in [-0.25, -0.2) is 4.98 Å². The topological polar surface area (TPSA) is 63.7 Å². The van der Waals surface area contributed by atoms with Crippen LogP contribution in [0.5, 0.6) is 11.5 Å². The van der Waals surface area contributed by atoms with Gasteiger partial charge in [0.2, 0.25) is 0 Å². The molecular weight excluding hydrogens is 398 g/mol. The largest absolute Gasteiger partial charge is 0.490 e. The van der Waals surface area contributed by atoms with Gasteiger partial charge in [-0.3, -0.25) is 15.0 Å². The molecule has 1 aliphatic heterocycles. The predicted octanol–water partition coefficient (Wildman–Crippen LogP) is 4.61. The van der Waals surface area contributed by atoms with Crippen LogP contribution in [0.25, 0.3) is 0 Å². The lowest BCUT2D eigenvalue weighted by atomic mass is 10.2. The first-order valence-corrected chi connectivity index (χ1v) is 10.9. The number of nitrogens with one attached hydrogen (secondary N) is 1. The number of rotatable bonds is 8. The third-order valence-corrected chi connectivity index (χ3v) is 5.78. The summed E-state index contributed by atoms with van der Waals surface area (Å²) >= 11 is 7.90. The Bertz CT molecular complexity index is 840. The van der Waals surface area contributed by atoms with Crippen LogP contribution in [0.2, 0.25) is 5.02 Å². The van der Waals surface area contributed by atoms with Crippen molar-refractivity contribution in [2.45, 2.75) is 40.2 Å². The van der Waals surface area contributed by atoms with Crippen molar-refractivity contribution in [1.82, 2.24) is 9.88 Å². The molecule has 0 saturated heterocycles. The maximum atomic E-state index is 12.8. The van der Waals surface area contributed by atoms with Gasteiger partial charge in [0.25, 0.3) is 5.91 Å². The molecule has 0 aliphatic carbocycles. The first kappa shape index (κ1) is 20.9. The molecule has 1 aromatic carbocycles. The van der Waals surface area contributed by atoms with Crippen molar-refractivity contribution in [3.8, 4) is 11.5 Å². The number of ether oxygens (including phenoxy) is 2. The first-order chi connectivity index (χ1) is 13.5. The number of carbonyl (C=O) groups excluding carboxylic acids is 1. The maximum Gasteiger partial charge on any atom is 0.257 e. The Morgan fingerprint density at radius 3 is 2.86 bits per heavy atom. The number of carbonyl (C=O) groups is 1. The Hall–Kier alpha value is -1.83. The molecular formula is C20H26ClN3O3S. The number of hydrogen-bond donors (Lipinski definition) is 1. The molecule has 2 aromatic rings. The summed E-state index contributed by atoms with van der Waals surface area (Å²) in [4.78, 5) is 21.0. The zero-order chi connectivity index (χ0) is 20.1. The van der Waals surface area contributed by atoms with Gasteiger partial charge in [-0.15, -0.1) is 11.3 Å². The van der Waals surface area contributed by atoms with Crippen molar-refractivity contribution in [1.29, 1.82) is 0 Å². The van der Waals surface area contributed by atoms with Crippen molar-refractivity contribution in [3.05, 3.63) is 33.3 Å². The molecule has 0 unspecified atom stereocenters. The van der Waals surface area contributed by atoms with Crippen molar-refractivity contribution in [3.63, 3.8) is 0 Å². The van der Waals surface area contributed by atoms with Crippen LogP contribution in [0.1, 0.15) is 48.1 Å². The van der Waals surface area contributed by atoms with Crippen molar-refractivity contribution in [2.24, 2.45) is 0 Å². The Morgan fingerprint density at radius 2 is 2.14 bits per heavy atom. The summed E-state index contributed by atoms with van der Waals surface area (Å²) < 4.78 is 11.3. The quantitative estimate of drug-likeness (QED) is 0.671. The predicted molar refractivity (Wildman–Crippen MR) is 113 cm³/mol. The number of hydrogen-bond acceptors (Lipinski definition) is 6. The molecule has 28 heavy (non-hydrogen) atoms. The molecule has 1 N–H and O–H groups in total. The number of likely N-dealkylation sites (N-methyl/N-ethyl adjacent to an activating group) is 1. The standard InChI is InChI=1S/C20H26ClN3O3S/c1-4-9-27-18-14(21)10-13(11-16(18)26-6-3)19(25)23-20-22-15-7-8-24(5-2)12-17(15)28-20/h10-11H,4-9,12H2,1-3H3,(H,22,23,25). The van der Waals surface area contributed by atoms with Gasteiger partial charge >= 0.3 is 0 Å². The summed E-state index contributed by atoms with van der Waals surface area (Å²) in [6.07, 6.45) is 1.77. The van der Waals surface area contributed by atoms with Crippen LogP contribution >= 0.6 is 22.9 Å². The van der Waals surface area contributed by atoms with Crippen molar-refractivity contribution < 1.29 is 14.3 Å². The number of anilines is 1. The summed E-state index contributed by atoms with van der Waals surface area (Å²) in [5, 5.41) is 3.88. The number of thiazole rings is 1. The Morgan fingerprint density at radius 1 is 1.32 bits per heavy atom. The second-order valence-electron chi connectivity index (χ2n) is 6.53. The van der Waals surface area contributed by atoms with Crippen LogP contribution in [0.15, 0.2) is 12.1 Å². The molecule has 8 heteroatoms. The average molecular weight is 424 g/mol. The van der Waals surface area contributed by atoms with E-state index in [-0.39, 0.29) is 5.91 Å². The number of fused-ring (bicyclic) bond motifs is 1. The summed E-state index contributed by atoms with van der Waals surface area (Å²) in [5.74, 6) is 0.695. The van der Waals surface area contributed by atoms with Crippen LogP contribution in [0, 0.1) is 0 Å². The van der Waals surface area contributed by atoms with Gasteiger partial charge in [0.1, 0.15) is 0 Å². The van der Waals surface area contributed by atoms with E-state index in [4.69, 9.17) is 21.1 Å². The van der Waals surface area contributed by atoms with Crippen LogP contribution in [0.4, 0.5) is 5.13 Å².